The van der Waals surface area contributed by atoms with Crippen molar-refractivity contribution in [1.82, 2.24) is 9.80 Å². The standard InChI is InChI=1S/C17H26ClN3O2/c1-12(2)16(19)17(22)21-8-6-20(7-9-21)11-13-10-14(18)4-5-15(13)23-3/h4-5,10,12,16H,6-9,11,19H2,1-3H3/t16-/m0/s1. The molecule has 6 heteroatoms. The summed E-state index contributed by atoms with van der Waals surface area (Å²) in [4.78, 5) is 16.5. The van der Waals surface area contributed by atoms with Crippen molar-refractivity contribution in [2.75, 3.05) is 33.3 Å². The summed E-state index contributed by atoms with van der Waals surface area (Å²) in [5, 5.41) is 0.706. The van der Waals surface area contributed by atoms with Crippen molar-refractivity contribution in [2.24, 2.45) is 11.7 Å². The third kappa shape index (κ3) is 4.59. The molecule has 128 valence electrons. The van der Waals surface area contributed by atoms with E-state index in [0.29, 0.717) is 18.1 Å². The molecule has 0 aliphatic carbocycles. The van der Waals surface area contributed by atoms with Crippen LogP contribution in [0.15, 0.2) is 18.2 Å². The molecule has 23 heavy (non-hydrogen) atoms. The third-order valence-corrected chi connectivity index (χ3v) is 4.56. The summed E-state index contributed by atoms with van der Waals surface area (Å²) in [7, 11) is 1.66. The van der Waals surface area contributed by atoms with E-state index >= 15 is 0 Å². The number of nitrogens with zero attached hydrogens (tertiary/aromatic N) is 2. The van der Waals surface area contributed by atoms with Crippen LogP contribution in [0.2, 0.25) is 5.02 Å². The molecule has 1 aromatic carbocycles. The van der Waals surface area contributed by atoms with Gasteiger partial charge in [-0.2, -0.15) is 0 Å². The van der Waals surface area contributed by atoms with Gasteiger partial charge in [0.2, 0.25) is 5.91 Å². The molecule has 1 aliphatic rings. The summed E-state index contributed by atoms with van der Waals surface area (Å²) < 4.78 is 5.39. The maximum atomic E-state index is 12.3. The van der Waals surface area contributed by atoms with Gasteiger partial charge in [-0.1, -0.05) is 25.4 Å². The molecular weight excluding hydrogens is 314 g/mol. The van der Waals surface area contributed by atoms with Gasteiger partial charge in [0.05, 0.1) is 13.2 Å². The molecule has 1 fully saturated rings. The minimum atomic E-state index is -0.408. The van der Waals surface area contributed by atoms with E-state index in [2.05, 4.69) is 4.90 Å². The zero-order valence-corrected chi connectivity index (χ0v) is 14.8. The highest BCUT2D eigenvalue weighted by molar-refractivity contribution is 6.30. The summed E-state index contributed by atoms with van der Waals surface area (Å²) in [6.07, 6.45) is 0. The fourth-order valence-corrected chi connectivity index (χ4v) is 2.93. The average molecular weight is 340 g/mol. The lowest BCUT2D eigenvalue weighted by atomic mass is 10.0. The van der Waals surface area contributed by atoms with E-state index in [4.69, 9.17) is 22.1 Å². The normalized spacial score (nSPS) is 17.4. The van der Waals surface area contributed by atoms with Crippen molar-refractivity contribution < 1.29 is 9.53 Å². The molecule has 2 rings (SSSR count). The molecule has 0 spiro atoms. The number of amides is 1. The summed E-state index contributed by atoms with van der Waals surface area (Å²) in [6, 6.07) is 5.24. The van der Waals surface area contributed by atoms with Crippen LogP contribution >= 0.6 is 11.6 Å². The van der Waals surface area contributed by atoms with Gasteiger partial charge in [0, 0.05) is 43.3 Å². The lowest BCUT2D eigenvalue weighted by Crippen LogP contribution is -2.54. The average Bonchev–Trinajstić information content (AvgIpc) is 2.54. The highest BCUT2D eigenvalue weighted by Gasteiger charge is 2.27. The Labute approximate surface area is 143 Å². The Morgan fingerprint density at radius 2 is 1.96 bits per heavy atom. The first kappa shape index (κ1) is 18.0. The molecule has 5 nitrogen and oxygen atoms in total. The van der Waals surface area contributed by atoms with Crippen LogP contribution in [0.1, 0.15) is 19.4 Å². The van der Waals surface area contributed by atoms with E-state index in [-0.39, 0.29) is 11.8 Å². The number of nitrogens with two attached hydrogens (primary N) is 1. The SMILES string of the molecule is COc1ccc(Cl)cc1CN1CCN(C(=O)[C@@H](N)C(C)C)CC1. The molecule has 1 saturated heterocycles. The van der Waals surface area contributed by atoms with Gasteiger partial charge in [-0.15, -0.1) is 0 Å². The van der Waals surface area contributed by atoms with E-state index in [0.717, 1.165) is 30.9 Å². The fourth-order valence-electron chi connectivity index (χ4n) is 2.73. The Morgan fingerprint density at radius 1 is 1.30 bits per heavy atom. The molecule has 1 aromatic rings. The minimum absolute atomic E-state index is 0.0555. The van der Waals surface area contributed by atoms with Crippen molar-refractivity contribution in [3.63, 3.8) is 0 Å². The summed E-state index contributed by atoms with van der Waals surface area (Å²) in [5.41, 5.74) is 7.04. The van der Waals surface area contributed by atoms with Crippen molar-refractivity contribution in [3.8, 4) is 5.75 Å². The fraction of sp³-hybridized carbons (Fsp3) is 0.588. The van der Waals surface area contributed by atoms with E-state index in [9.17, 15) is 4.79 Å². The largest absolute Gasteiger partial charge is 0.496 e. The number of rotatable bonds is 5. The number of carbonyl (C=O) groups excluding carboxylic acids is 1. The van der Waals surface area contributed by atoms with Gasteiger partial charge in [0.15, 0.2) is 0 Å². The van der Waals surface area contributed by atoms with Gasteiger partial charge in [-0.05, 0) is 24.1 Å². The zero-order valence-electron chi connectivity index (χ0n) is 14.1. The third-order valence-electron chi connectivity index (χ3n) is 4.32. The monoisotopic (exact) mass is 339 g/mol. The molecule has 0 bridgehead atoms. The van der Waals surface area contributed by atoms with Crippen LogP contribution in [-0.2, 0) is 11.3 Å². The smallest absolute Gasteiger partial charge is 0.239 e. The molecule has 1 aliphatic heterocycles. The van der Waals surface area contributed by atoms with Crippen LogP contribution in [0.25, 0.3) is 0 Å². The molecule has 0 aromatic heterocycles. The Bertz CT molecular complexity index is 543. The van der Waals surface area contributed by atoms with Crippen molar-refractivity contribution in [2.45, 2.75) is 26.4 Å². The Morgan fingerprint density at radius 3 is 2.52 bits per heavy atom. The zero-order chi connectivity index (χ0) is 17.0. The van der Waals surface area contributed by atoms with E-state index in [1.54, 1.807) is 7.11 Å². The highest BCUT2D eigenvalue weighted by atomic mass is 35.5. The minimum Gasteiger partial charge on any atom is -0.496 e. The first-order chi connectivity index (χ1) is 10.9. The number of benzene rings is 1. The van der Waals surface area contributed by atoms with Crippen LogP contribution < -0.4 is 10.5 Å². The van der Waals surface area contributed by atoms with E-state index in [1.165, 1.54) is 0 Å². The van der Waals surface area contributed by atoms with Gasteiger partial charge >= 0.3 is 0 Å². The number of hydrogen-bond donors (Lipinski definition) is 1. The first-order valence-electron chi connectivity index (χ1n) is 8.01. The number of methoxy groups -OCH3 is 1. The lowest BCUT2D eigenvalue weighted by Gasteiger charge is -2.36. The Balaban J connectivity index is 1.93. The predicted octanol–water partition coefficient (Wildman–Crippen LogP) is 1.98. The number of ether oxygens (including phenoxy) is 1. The number of piperazine rings is 1. The number of hydrogen-bond acceptors (Lipinski definition) is 4. The molecular formula is C17H26ClN3O2. The number of carbonyl (C=O) groups is 1. The van der Waals surface area contributed by atoms with E-state index in [1.807, 2.05) is 36.9 Å². The molecule has 0 saturated carbocycles. The maximum absolute atomic E-state index is 12.3. The molecule has 1 amide bonds. The highest BCUT2D eigenvalue weighted by Crippen LogP contribution is 2.24. The molecule has 1 heterocycles. The summed E-state index contributed by atoms with van der Waals surface area (Å²) >= 11 is 6.08. The van der Waals surface area contributed by atoms with Crippen LogP contribution in [0.5, 0.6) is 5.75 Å². The van der Waals surface area contributed by atoms with Gasteiger partial charge < -0.3 is 15.4 Å². The second-order valence-corrected chi connectivity index (χ2v) is 6.76. The Hall–Kier alpha value is -1.30. The Kier molecular flexibility index (Phi) is 6.27. The molecule has 2 N–H and O–H groups in total. The predicted molar refractivity (Wildman–Crippen MR) is 92.7 cm³/mol. The first-order valence-corrected chi connectivity index (χ1v) is 8.39. The topological polar surface area (TPSA) is 58.8 Å². The molecule has 0 unspecified atom stereocenters. The number of halogens is 1. The van der Waals surface area contributed by atoms with Gasteiger partial charge in [-0.25, -0.2) is 0 Å². The van der Waals surface area contributed by atoms with Gasteiger partial charge in [0.1, 0.15) is 5.75 Å². The molecule has 1 atom stereocenters. The van der Waals surface area contributed by atoms with Crippen LogP contribution in [-0.4, -0.2) is 55.0 Å². The van der Waals surface area contributed by atoms with E-state index < -0.39 is 6.04 Å². The van der Waals surface area contributed by atoms with Gasteiger partial charge in [0.25, 0.3) is 0 Å². The van der Waals surface area contributed by atoms with Crippen molar-refractivity contribution in [1.29, 1.82) is 0 Å². The lowest BCUT2D eigenvalue weighted by molar-refractivity contribution is -0.135. The second kappa shape index (κ2) is 7.99. The van der Waals surface area contributed by atoms with Crippen molar-refractivity contribution in [3.05, 3.63) is 28.8 Å². The van der Waals surface area contributed by atoms with Crippen LogP contribution in [0.3, 0.4) is 0 Å². The van der Waals surface area contributed by atoms with Crippen molar-refractivity contribution >= 4 is 17.5 Å². The van der Waals surface area contributed by atoms with Crippen LogP contribution in [0.4, 0.5) is 0 Å². The molecule has 0 radical (unpaired) electrons. The summed E-state index contributed by atoms with van der Waals surface area (Å²) in [6.45, 7) is 7.79. The summed E-state index contributed by atoms with van der Waals surface area (Å²) in [5.74, 6) is 1.06. The quantitative estimate of drug-likeness (QED) is 0.891. The maximum Gasteiger partial charge on any atom is 0.239 e. The van der Waals surface area contributed by atoms with Gasteiger partial charge in [-0.3, -0.25) is 9.69 Å². The second-order valence-electron chi connectivity index (χ2n) is 6.33. The van der Waals surface area contributed by atoms with Crippen LogP contribution in [0, 0.1) is 5.92 Å².